The van der Waals surface area contributed by atoms with Crippen molar-refractivity contribution >= 4 is 17.6 Å². The Morgan fingerprint density at radius 1 is 1.04 bits per heavy atom. The molecule has 1 N–H and O–H groups in total. The first-order valence-corrected chi connectivity index (χ1v) is 9.47. The van der Waals surface area contributed by atoms with Crippen LogP contribution in [0.25, 0.3) is 0 Å². The highest BCUT2D eigenvalue weighted by molar-refractivity contribution is 5.97. The number of piperazine rings is 1. The van der Waals surface area contributed by atoms with Crippen LogP contribution in [-0.4, -0.2) is 53.9 Å². The average molecular weight is 384 g/mol. The number of nitrogens with zero attached hydrogens (tertiary/aromatic N) is 3. The molecule has 1 aromatic carbocycles. The molecule has 2 heterocycles. The van der Waals surface area contributed by atoms with Gasteiger partial charge in [0.2, 0.25) is 5.91 Å². The number of carbonyl (C=O) groups is 2. The Kier molecular flexibility index (Phi) is 6.23. The smallest absolute Gasteiger partial charge is 0.254 e. The van der Waals surface area contributed by atoms with E-state index in [9.17, 15) is 14.0 Å². The van der Waals surface area contributed by atoms with Gasteiger partial charge in [0.05, 0.1) is 5.56 Å². The Morgan fingerprint density at radius 2 is 1.71 bits per heavy atom. The standard InChI is InChI=1S/C21H25FN4O2/c1-15(2)19(24-20(27)16-7-3-4-8-17(16)22)21(28)26-13-11-25(12-14-26)18-9-5-6-10-23-18/h3-10,15,19H,11-14H2,1-2H3,(H,24,27). The molecule has 148 valence electrons. The van der Waals surface area contributed by atoms with E-state index in [0.717, 1.165) is 5.82 Å². The summed E-state index contributed by atoms with van der Waals surface area (Å²) in [6.07, 6.45) is 1.75. The third-order valence-electron chi connectivity index (χ3n) is 4.90. The summed E-state index contributed by atoms with van der Waals surface area (Å²) in [5.74, 6) is -0.531. The topological polar surface area (TPSA) is 65.5 Å². The minimum Gasteiger partial charge on any atom is -0.353 e. The molecule has 0 spiro atoms. The first kappa shape index (κ1) is 19.8. The normalized spacial score (nSPS) is 15.4. The number of amides is 2. The Morgan fingerprint density at radius 3 is 2.32 bits per heavy atom. The number of hydrogen-bond acceptors (Lipinski definition) is 4. The van der Waals surface area contributed by atoms with Crippen molar-refractivity contribution in [3.63, 3.8) is 0 Å². The van der Waals surface area contributed by atoms with Crippen molar-refractivity contribution in [2.24, 2.45) is 5.92 Å². The highest BCUT2D eigenvalue weighted by atomic mass is 19.1. The fourth-order valence-electron chi connectivity index (χ4n) is 3.27. The fourth-order valence-corrected chi connectivity index (χ4v) is 3.27. The number of aromatic nitrogens is 1. The van der Waals surface area contributed by atoms with Crippen LogP contribution in [0.1, 0.15) is 24.2 Å². The van der Waals surface area contributed by atoms with Crippen LogP contribution in [0.3, 0.4) is 0 Å². The summed E-state index contributed by atoms with van der Waals surface area (Å²) in [4.78, 5) is 33.7. The fraction of sp³-hybridized carbons (Fsp3) is 0.381. The molecule has 1 unspecified atom stereocenters. The van der Waals surface area contributed by atoms with Crippen molar-refractivity contribution in [3.8, 4) is 0 Å². The van der Waals surface area contributed by atoms with Crippen LogP contribution < -0.4 is 10.2 Å². The van der Waals surface area contributed by atoms with E-state index in [0.29, 0.717) is 26.2 Å². The molecule has 7 heteroatoms. The van der Waals surface area contributed by atoms with Crippen molar-refractivity contribution < 1.29 is 14.0 Å². The molecule has 1 aliphatic heterocycles. The zero-order chi connectivity index (χ0) is 20.1. The molecule has 2 aromatic rings. The van der Waals surface area contributed by atoms with Crippen LogP contribution in [0, 0.1) is 11.7 Å². The van der Waals surface area contributed by atoms with Gasteiger partial charge in [-0.05, 0) is 30.2 Å². The molecule has 0 saturated carbocycles. The lowest BCUT2D eigenvalue weighted by atomic mass is 10.0. The molecule has 6 nitrogen and oxygen atoms in total. The molecule has 0 radical (unpaired) electrons. The average Bonchev–Trinajstić information content (AvgIpc) is 2.72. The lowest BCUT2D eigenvalue weighted by molar-refractivity contribution is -0.134. The number of nitrogens with one attached hydrogen (secondary N) is 1. The van der Waals surface area contributed by atoms with Gasteiger partial charge in [0.1, 0.15) is 17.7 Å². The van der Waals surface area contributed by atoms with Gasteiger partial charge in [0.15, 0.2) is 0 Å². The van der Waals surface area contributed by atoms with Crippen LogP contribution in [-0.2, 0) is 4.79 Å². The molecule has 0 bridgehead atoms. The summed E-state index contributed by atoms with van der Waals surface area (Å²) >= 11 is 0. The van der Waals surface area contributed by atoms with Crippen LogP contribution >= 0.6 is 0 Å². The maximum Gasteiger partial charge on any atom is 0.254 e. The monoisotopic (exact) mass is 384 g/mol. The molecule has 1 atom stereocenters. The van der Waals surface area contributed by atoms with Crippen molar-refractivity contribution in [2.75, 3.05) is 31.1 Å². The zero-order valence-electron chi connectivity index (χ0n) is 16.1. The van der Waals surface area contributed by atoms with E-state index in [1.807, 2.05) is 32.0 Å². The number of benzene rings is 1. The summed E-state index contributed by atoms with van der Waals surface area (Å²) in [7, 11) is 0. The molecule has 3 rings (SSSR count). The van der Waals surface area contributed by atoms with Crippen LogP contribution in [0.5, 0.6) is 0 Å². The molecule has 2 amide bonds. The van der Waals surface area contributed by atoms with E-state index in [2.05, 4.69) is 15.2 Å². The lowest BCUT2D eigenvalue weighted by Gasteiger charge is -2.37. The number of hydrogen-bond donors (Lipinski definition) is 1. The number of pyridine rings is 1. The second kappa shape index (κ2) is 8.82. The number of anilines is 1. The molecule has 28 heavy (non-hydrogen) atoms. The van der Waals surface area contributed by atoms with Crippen molar-refractivity contribution in [1.29, 1.82) is 0 Å². The van der Waals surface area contributed by atoms with Gasteiger partial charge in [-0.2, -0.15) is 0 Å². The third-order valence-corrected chi connectivity index (χ3v) is 4.90. The maximum absolute atomic E-state index is 13.9. The quantitative estimate of drug-likeness (QED) is 0.859. The summed E-state index contributed by atoms with van der Waals surface area (Å²) in [5, 5.41) is 2.72. The molecule has 1 aromatic heterocycles. The second-order valence-corrected chi connectivity index (χ2v) is 7.18. The third kappa shape index (κ3) is 4.47. The summed E-state index contributed by atoms with van der Waals surface area (Å²) in [5.41, 5.74) is -0.0547. The first-order chi connectivity index (χ1) is 13.5. The molecule has 1 aliphatic rings. The Hall–Kier alpha value is -2.96. The molecule has 1 saturated heterocycles. The lowest BCUT2D eigenvalue weighted by Crippen LogP contribution is -2.56. The van der Waals surface area contributed by atoms with Gasteiger partial charge in [0.25, 0.3) is 5.91 Å². The van der Waals surface area contributed by atoms with Crippen molar-refractivity contribution in [2.45, 2.75) is 19.9 Å². The van der Waals surface area contributed by atoms with Gasteiger partial charge in [-0.1, -0.05) is 32.0 Å². The predicted molar refractivity (Wildman–Crippen MR) is 106 cm³/mol. The summed E-state index contributed by atoms with van der Waals surface area (Å²) in [6.45, 7) is 6.19. The van der Waals surface area contributed by atoms with Crippen LogP contribution in [0.4, 0.5) is 10.2 Å². The van der Waals surface area contributed by atoms with Gasteiger partial charge in [-0.15, -0.1) is 0 Å². The molecular weight excluding hydrogens is 359 g/mol. The van der Waals surface area contributed by atoms with Crippen molar-refractivity contribution in [3.05, 3.63) is 60.0 Å². The van der Waals surface area contributed by atoms with E-state index in [1.54, 1.807) is 17.2 Å². The van der Waals surface area contributed by atoms with Gasteiger partial charge in [-0.3, -0.25) is 9.59 Å². The van der Waals surface area contributed by atoms with E-state index < -0.39 is 17.8 Å². The largest absolute Gasteiger partial charge is 0.353 e. The van der Waals surface area contributed by atoms with E-state index in [1.165, 1.54) is 18.2 Å². The minimum absolute atomic E-state index is 0.0547. The zero-order valence-corrected chi connectivity index (χ0v) is 16.1. The predicted octanol–water partition coefficient (Wildman–Crippen LogP) is 2.32. The molecular formula is C21H25FN4O2. The maximum atomic E-state index is 13.9. The SMILES string of the molecule is CC(C)C(NC(=O)c1ccccc1F)C(=O)N1CCN(c2ccccn2)CC1. The van der Waals surface area contributed by atoms with Crippen LogP contribution in [0.2, 0.25) is 0 Å². The Bertz CT molecular complexity index is 820. The minimum atomic E-state index is -0.700. The van der Waals surface area contributed by atoms with Gasteiger partial charge >= 0.3 is 0 Å². The van der Waals surface area contributed by atoms with E-state index in [-0.39, 0.29) is 17.4 Å². The second-order valence-electron chi connectivity index (χ2n) is 7.18. The van der Waals surface area contributed by atoms with E-state index in [4.69, 9.17) is 0 Å². The highest BCUT2D eigenvalue weighted by Gasteiger charge is 2.31. The number of halogens is 1. The van der Waals surface area contributed by atoms with E-state index >= 15 is 0 Å². The number of rotatable bonds is 5. The van der Waals surface area contributed by atoms with Gasteiger partial charge < -0.3 is 15.1 Å². The summed E-state index contributed by atoms with van der Waals surface area (Å²) < 4.78 is 13.9. The number of carbonyl (C=O) groups excluding carboxylic acids is 2. The summed E-state index contributed by atoms with van der Waals surface area (Å²) in [6, 6.07) is 10.8. The van der Waals surface area contributed by atoms with Crippen LogP contribution in [0.15, 0.2) is 48.7 Å². The van der Waals surface area contributed by atoms with Gasteiger partial charge in [-0.25, -0.2) is 9.37 Å². The highest BCUT2D eigenvalue weighted by Crippen LogP contribution is 2.15. The Balaban J connectivity index is 1.64. The molecule has 1 fully saturated rings. The van der Waals surface area contributed by atoms with Crippen molar-refractivity contribution in [1.82, 2.24) is 15.2 Å². The molecule has 0 aliphatic carbocycles. The Labute approximate surface area is 164 Å². The van der Waals surface area contributed by atoms with Gasteiger partial charge in [0, 0.05) is 32.4 Å². The first-order valence-electron chi connectivity index (χ1n) is 9.47.